The Bertz CT molecular complexity index is 1180. The Morgan fingerprint density at radius 1 is 1.07 bits per heavy atom. The fraction of sp³-hybridized carbons (Fsp3) is 0.316. The van der Waals surface area contributed by atoms with E-state index >= 15 is 0 Å². The highest BCUT2D eigenvalue weighted by atomic mass is 19.1. The zero-order valence-electron chi connectivity index (χ0n) is 15.2. The minimum absolute atomic E-state index is 0.192. The maximum Gasteiger partial charge on any atom is 0.283 e. The van der Waals surface area contributed by atoms with Crippen LogP contribution in [0.5, 0.6) is 0 Å². The van der Waals surface area contributed by atoms with Gasteiger partial charge in [-0.1, -0.05) is 32.4 Å². The van der Waals surface area contributed by atoms with Crippen molar-refractivity contribution < 1.29 is 4.39 Å². The van der Waals surface area contributed by atoms with E-state index in [-0.39, 0.29) is 16.9 Å². The fourth-order valence-electron chi connectivity index (χ4n) is 3.15. The zero-order valence-corrected chi connectivity index (χ0v) is 15.2. The highest BCUT2D eigenvalue weighted by Gasteiger charge is 2.19. The first-order valence-electron chi connectivity index (χ1n) is 9.03. The van der Waals surface area contributed by atoms with Gasteiger partial charge in [0.2, 0.25) is 0 Å². The summed E-state index contributed by atoms with van der Waals surface area (Å²) < 4.78 is 16.4. The molecule has 8 heteroatoms. The van der Waals surface area contributed by atoms with Crippen LogP contribution in [0.4, 0.5) is 4.39 Å². The lowest BCUT2D eigenvalue weighted by Crippen LogP contribution is -2.23. The number of aryl methyl sites for hydroxylation is 2. The number of halogens is 1. The van der Waals surface area contributed by atoms with Crippen LogP contribution in [-0.4, -0.2) is 29.4 Å². The van der Waals surface area contributed by atoms with Gasteiger partial charge in [-0.15, -0.1) is 10.2 Å². The maximum absolute atomic E-state index is 13.3. The average Bonchev–Trinajstić information content (AvgIpc) is 3.07. The number of aromatic nitrogens is 6. The summed E-state index contributed by atoms with van der Waals surface area (Å²) in [6, 6.07) is 6.18. The van der Waals surface area contributed by atoms with Crippen molar-refractivity contribution in [1.29, 1.82) is 0 Å². The first-order chi connectivity index (χ1) is 13.1. The van der Waals surface area contributed by atoms with Crippen molar-refractivity contribution in [3.8, 4) is 11.1 Å². The van der Waals surface area contributed by atoms with Crippen LogP contribution in [0.1, 0.15) is 32.4 Å². The van der Waals surface area contributed by atoms with E-state index < -0.39 is 0 Å². The lowest BCUT2D eigenvalue weighted by atomic mass is 10.0. The van der Waals surface area contributed by atoms with Gasteiger partial charge in [-0.3, -0.25) is 9.36 Å². The first kappa shape index (κ1) is 17.3. The van der Waals surface area contributed by atoms with E-state index in [2.05, 4.69) is 27.2 Å². The summed E-state index contributed by atoms with van der Waals surface area (Å²) in [4.78, 5) is 17.1. The number of fused-ring (bicyclic) bond motifs is 3. The third-order valence-electron chi connectivity index (χ3n) is 4.59. The molecule has 0 amide bonds. The van der Waals surface area contributed by atoms with E-state index in [0.29, 0.717) is 24.3 Å². The second-order valence-corrected chi connectivity index (χ2v) is 6.39. The quantitative estimate of drug-likeness (QED) is 0.543. The van der Waals surface area contributed by atoms with Crippen molar-refractivity contribution in [3.63, 3.8) is 0 Å². The van der Waals surface area contributed by atoms with Gasteiger partial charge in [-0.2, -0.15) is 9.61 Å². The lowest BCUT2D eigenvalue weighted by Gasteiger charge is -2.05. The number of benzene rings is 1. The molecule has 0 atom stereocenters. The molecule has 3 aromatic heterocycles. The SMILES string of the molecule is CCCCn1cnc2c(nnc3c(-c4ccc(F)cc4)c(CC)nn32)c1=O. The first-order valence-corrected chi connectivity index (χ1v) is 9.03. The number of nitrogens with zero attached hydrogens (tertiary/aromatic N) is 6. The van der Waals surface area contributed by atoms with Gasteiger partial charge in [0.1, 0.15) is 12.1 Å². The van der Waals surface area contributed by atoms with Crippen molar-refractivity contribution in [2.75, 3.05) is 0 Å². The molecule has 0 saturated heterocycles. The molecule has 0 spiro atoms. The molecule has 7 nitrogen and oxygen atoms in total. The summed E-state index contributed by atoms with van der Waals surface area (Å²) >= 11 is 0. The van der Waals surface area contributed by atoms with Crippen LogP contribution < -0.4 is 5.56 Å². The number of rotatable bonds is 5. The second kappa shape index (κ2) is 6.86. The van der Waals surface area contributed by atoms with Crippen LogP contribution in [0.3, 0.4) is 0 Å². The molecule has 0 radical (unpaired) electrons. The average molecular weight is 366 g/mol. The van der Waals surface area contributed by atoms with Gasteiger partial charge >= 0.3 is 0 Å². The van der Waals surface area contributed by atoms with E-state index in [0.717, 1.165) is 29.7 Å². The number of unbranched alkanes of at least 4 members (excludes halogenated alkanes) is 1. The Labute approximate surface area is 154 Å². The summed E-state index contributed by atoms with van der Waals surface area (Å²) in [5.74, 6) is -0.306. The predicted octanol–water partition coefficient (Wildman–Crippen LogP) is 3.00. The van der Waals surface area contributed by atoms with Gasteiger partial charge in [0.15, 0.2) is 16.8 Å². The van der Waals surface area contributed by atoms with E-state index in [9.17, 15) is 9.18 Å². The molecule has 0 aliphatic carbocycles. The maximum atomic E-state index is 13.3. The summed E-state index contributed by atoms with van der Waals surface area (Å²) in [7, 11) is 0. The molecule has 0 aliphatic rings. The van der Waals surface area contributed by atoms with Crippen molar-refractivity contribution in [1.82, 2.24) is 29.4 Å². The molecule has 0 bridgehead atoms. The molecule has 0 N–H and O–H groups in total. The smallest absolute Gasteiger partial charge is 0.283 e. The Kier molecular flexibility index (Phi) is 4.39. The van der Waals surface area contributed by atoms with Crippen molar-refractivity contribution >= 4 is 16.8 Å². The molecule has 138 valence electrons. The molecule has 27 heavy (non-hydrogen) atoms. The third kappa shape index (κ3) is 2.87. The molecule has 1 aromatic carbocycles. The summed E-state index contributed by atoms with van der Waals surface area (Å²) in [6.07, 6.45) is 4.06. The molecular formula is C19H19FN6O. The van der Waals surface area contributed by atoms with Gasteiger partial charge in [0, 0.05) is 6.54 Å². The topological polar surface area (TPSA) is 78.0 Å². The fourth-order valence-corrected chi connectivity index (χ4v) is 3.15. The van der Waals surface area contributed by atoms with Crippen LogP contribution in [-0.2, 0) is 13.0 Å². The molecule has 0 aliphatic heterocycles. The molecule has 0 fully saturated rings. The normalized spacial score (nSPS) is 11.5. The Morgan fingerprint density at radius 3 is 2.56 bits per heavy atom. The van der Waals surface area contributed by atoms with Gasteiger partial charge in [0.05, 0.1) is 11.3 Å². The number of hydrogen-bond acceptors (Lipinski definition) is 5. The number of hydrogen-bond donors (Lipinski definition) is 0. The summed E-state index contributed by atoms with van der Waals surface area (Å²) in [6.45, 7) is 4.64. The molecule has 3 heterocycles. The summed E-state index contributed by atoms with van der Waals surface area (Å²) in [5, 5.41) is 13.0. The van der Waals surface area contributed by atoms with E-state index in [4.69, 9.17) is 0 Å². The third-order valence-corrected chi connectivity index (χ3v) is 4.59. The highest BCUT2D eigenvalue weighted by molar-refractivity contribution is 5.83. The van der Waals surface area contributed by atoms with Gasteiger partial charge in [0.25, 0.3) is 5.56 Å². The van der Waals surface area contributed by atoms with Crippen LogP contribution in [0.2, 0.25) is 0 Å². The van der Waals surface area contributed by atoms with Crippen LogP contribution in [0, 0.1) is 5.82 Å². The van der Waals surface area contributed by atoms with E-state index in [1.165, 1.54) is 18.5 Å². The van der Waals surface area contributed by atoms with Gasteiger partial charge in [-0.05, 0) is 30.5 Å². The lowest BCUT2D eigenvalue weighted by molar-refractivity contribution is 0.605. The minimum atomic E-state index is -0.306. The Morgan fingerprint density at radius 2 is 1.85 bits per heavy atom. The monoisotopic (exact) mass is 366 g/mol. The Balaban J connectivity index is 1.97. The minimum Gasteiger partial charge on any atom is -0.297 e. The van der Waals surface area contributed by atoms with Gasteiger partial charge in [-0.25, -0.2) is 9.37 Å². The van der Waals surface area contributed by atoms with Crippen molar-refractivity contribution in [2.45, 2.75) is 39.7 Å². The molecule has 4 aromatic rings. The van der Waals surface area contributed by atoms with Crippen LogP contribution >= 0.6 is 0 Å². The Hall–Kier alpha value is -3.16. The van der Waals surface area contributed by atoms with Gasteiger partial charge < -0.3 is 0 Å². The highest BCUT2D eigenvalue weighted by Crippen LogP contribution is 2.28. The van der Waals surface area contributed by atoms with Crippen LogP contribution in [0.15, 0.2) is 35.4 Å². The summed E-state index contributed by atoms with van der Waals surface area (Å²) in [5.41, 5.74) is 3.22. The van der Waals surface area contributed by atoms with Crippen LogP contribution in [0.25, 0.3) is 27.9 Å². The largest absolute Gasteiger partial charge is 0.297 e. The van der Waals surface area contributed by atoms with E-state index in [1.807, 2.05) is 6.92 Å². The second-order valence-electron chi connectivity index (χ2n) is 6.39. The molecular weight excluding hydrogens is 347 g/mol. The predicted molar refractivity (Wildman–Crippen MR) is 100 cm³/mol. The molecule has 0 unspecified atom stereocenters. The molecule has 4 rings (SSSR count). The van der Waals surface area contributed by atoms with Crippen molar-refractivity contribution in [2.24, 2.45) is 0 Å². The standard InChI is InChI=1S/C19H19FN6O/c1-3-5-10-25-11-21-18-16(19(25)27)22-23-17-15(14(4-2)24-26(17)18)12-6-8-13(20)9-7-12/h6-9,11H,3-5,10H2,1-2H3. The van der Waals surface area contributed by atoms with E-state index in [1.54, 1.807) is 21.2 Å². The zero-order chi connectivity index (χ0) is 19.0. The molecule has 0 saturated carbocycles. The van der Waals surface area contributed by atoms with Crippen molar-refractivity contribution in [3.05, 3.63) is 52.5 Å².